The molecule has 10 nitrogen and oxygen atoms in total. The Labute approximate surface area is 255 Å². The van der Waals surface area contributed by atoms with Crippen LogP contribution in [0.15, 0.2) is 65.9 Å². The number of pyridine rings is 1. The van der Waals surface area contributed by atoms with Crippen LogP contribution in [0, 0.1) is 0 Å². The largest absolute Gasteiger partial charge is 0.457 e. The molecular weight excluding hydrogens is 605 g/mol. The Balaban J connectivity index is 1.44. The predicted molar refractivity (Wildman–Crippen MR) is 154 cm³/mol. The van der Waals surface area contributed by atoms with Crippen molar-refractivity contribution in [1.29, 1.82) is 0 Å². The summed E-state index contributed by atoms with van der Waals surface area (Å²) in [6.45, 7) is 1.16. The van der Waals surface area contributed by atoms with Gasteiger partial charge in [0.1, 0.15) is 28.8 Å². The van der Waals surface area contributed by atoms with Gasteiger partial charge >= 0.3 is 6.18 Å². The van der Waals surface area contributed by atoms with E-state index in [0.717, 1.165) is 12.1 Å². The zero-order valence-electron chi connectivity index (χ0n) is 23.4. The van der Waals surface area contributed by atoms with E-state index in [2.05, 4.69) is 15.0 Å². The number of halogens is 4. The molecule has 1 heterocycles. The van der Waals surface area contributed by atoms with Crippen molar-refractivity contribution in [2.75, 3.05) is 33.0 Å². The lowest BCUT2D eigenvalue weighted by molar-refractivity contribution is -0.137. The molecule has 3 aromatic rings. The van der Waals surface area contributed by atoms with Gasteiger partial charge < -0.3 is 14.2 Å². The third-order valence-electron chi connectivity index (χ3n) is 5.97. The topological polar surface area (TPSA) is 141 Å². The van der Waals surface area contributed by atoms with Gasteiger partial charge in [0.05, 0.1) is 43.4 Å². The Bertz CT molecular complexity index is 1490. The van der Waals surface area contributed by atoms with Crippen LogP contribution in [0.1, 0.15) is 40.0 Å². The molecule has 0 aliphatic carbocycles. The van der Waals surface area contributed by atoms with Gasteiger partial charge in [-0.3, -0.25) is 19.4 Å². The highest BCUT2D eigenvalue weighted by molar-refractivity contribution is 6.31. The number of Topliss-reactive ketones (excluding diaryl/α,β-unsaturated/α-hetero) is 3. The fourth-order valence-electron chi connectivity index (χ4n) is 3.87. The zero-order chi connectivity index (χ0) is 32.0. The number of rotatable bonds is 18. The lowest BCUT2D eigenvalue weighted by Crippen LogP contribution is -2.13. The summed E-state index contributed by atoms with van der Waals surface area (Å²) in [5.41, 5.74) is 8.10. The van der Waals surface area contributed by atoms with Gasteiger partial charge in [-0.15, -0.1) is 0 Å². The standard InChI is InChI=1S/C30H28ClF3N4O6/c31-27-6-3-21(17-26(27)30(32,33)34)16-23(40)15-20-1-4-24(5-2-20)44-25-7-9-36-28(19-25)29(41)18-22(39)8-11-42-13-14-43-12-10-37-38-35/h1-7,9,17,19H,8,10-16,18H2. The van der Waals surface area contributed by atoms with Gasteiger partial charge in [0.2, 0.25) is 0 Å². The van der Waals surface area contributed by atoms with Crippen molar-refractivity contribution in [3.05, 3.63) is 98.6 Å². The fraction of sp³-hybridized carbons (Fsp3) is 0.333. The average molecular weight is 633 g/mol. The second-order valence-corrected chi connectivity index (χ2v) is 9.80. The number of ketones is 3. The summed E-state index contributed by atoms with van der Waals surface area (Å²) in [7, 11) is 0. The Morgan fingerprint density at radius 1 is 0.864 bits per heavy atom. The van der Waals surface area contributed by atoms with Crippen LogP contribution in [-0.2, 0) is 38.1 Å². The summed E-state index contributed by atoms with van der Waals surface area (Å²) in [6.07, 6.45) is -3.72. The van der Waals surface area contributed by atoms with E-state index >= 15 is 0 Å². The normalized spacial score (nSPS) is 11.1. The molecule has 0 bridgehead atoms. The molecule has 0 saturated heterocycles. The summed E-state index contributed by atoms with van der Waals surface area (Å²) in [5.74, 6) is -0.339. The molecule has 14 heteroatoms. The van der Waals surface area contributed by atoms with E-state index in [4.69, 9.17) is 31.3 Å². The second kappa shape index (κ2) is 17.1. The summed E-state index contributed by atoms with van der Waals surface area (Å²) < 4.78 is 55.5. The molecule has 0 spiro atoms. The van der Waals surface area contributed by atoms with E-state index in [9.17, 15) is 27.6 Å². The van der Waals surface area contributed by atoms with Crippen LogP contribution in [0.25, 0.3) is 10.4 Å². The number of hydrogen-bond acceptors (Lipinski definition) is 8. The van der Waals surface area contributed by atoms with Crippen LogP contribution in [0.2, 0.25) is 5.02 Å². The van der Waals surface area contributed by atoms with Gasteiger partial charge in [-0.1, -0.05) is 34.9 Å². The van der Waals surface area contributed by atoms with E-state index in [-0.39, 0.29) is 81.5 Å². The first kappa shape index (κ1) is 34.2. The highest BCUT2D eigenvalue weighted by Gasteiger charge is 2.33. The molecule has 0 amide bonds. The Kier molecular flexibility index (Phi) is 13.3. The fourth-order valence-corrected chi connectivity index (χ4v) is 4.10. The van der Waals surface area contributed by atoms with Crippen molar-refractivity contribution in [2.45, 2.75) is 31.9 Å². The minimum absolute atomic E-state index is 0.00385. The van der Waals surface area contributed by atoms with Gasteiger partial charge in [-0.2, -0.15) is 13.2 Å². The Hall–Kier alpha value is -4.29. The van der Waals surface area contributed by atoms with Crippen molar-refractivity contribution in [1.82, 2.24) is 4.98 Å². The van der Waals surface area contributed by atoms with Gasteiger partial charge in [0.25, 0.3) is 0 Å². The maximum Gasteiger partial charge on any atom is 0.417 e. The molecule has 1 aromatic heterocycles. The summed E-state index contributed by atoms with van der Waals surface area (Å²) in [4.78, 5) is 43.8. The molecule has 3 rings (SSSR count). The van der Waals surface area contributed by atoms with E-state index < -0.39 is 22.5 Å². The molecule has 2 aromatic carbocycles. The third-order valence-corrected chi connectivity index (χ3v) is 6.30. The molecule has 0 aliphatic rings. The Morgan fingerprint density at radius 2 is 1.55 bits per heavy atom. The van der Waals surface area contributed by atoms with E-state index in [1.807, 2.05) is 0 Å². The van der Waals surface area contributed by atoms with Gasteiger partial charge in [-0.05, 0) is 47.0 Å². The van der Waals surface area contributed by atoms with Crippen molar-refractivity contribution in [2.24, 2.45) is 5.11 Å². The molecule has 0 N–H and O–H groups in total. The molecule has 0 atom stereocenters. The quantitative estimate of drug-likeness (QED) is 0.0376. The van der Waals surface area contributed by atoms with Crippen LogP contribution < -0.4 is 4.74 Å². The maximum absolute atomic E-state index is 13.1. The van der Waals surface area contributed by atoms with Crippen LogP contribution in [0.4, 0.5) is 13.2 Å². The highest BCUT2D eigenvalue weighted by Crippen LogP contribution is 2.35. The molecule has 0 aliphatic heterocycles. The molecule has 232 valence electrons. The first-order valence-corrected chi connectivity index (χ1v) is 13.7. The third kappa shape index (κ3) is 11.8. The van der Waals surface area contributed by atoms with Crippen LogP contribution in [0.3, 0.4) is 0 Å². The number of aromatic nitrogens is 1. The minimum Gasteiger partial charge on any atom is -0.457 e. The Morgan fingerprint density at radius 3 is 2.25 bits per heavy atom. The number of alkyl halides is 3. The number of hydrogen-bond donors (Lipinski definition) is 0. The van der Waals surface area contributed by atoms with Gasteiger partial charge in [0.15, 0.2) is 5.78 Å². The first-order chi connectivity index (χ1) is 21.0. The molecule has 0 saturated carbocycles. The van der Waals surface area contributed by atoms with E-state index in [1.165, 1.54) is 18.3 Å². The van der Waals surface area contributed by atoms with Crippen molar-refractivity contribution < 1.29 is 41.8 Å². The smallest absolute Gasteiger partial charge is 0.417 e. The lowest BCUT2D eigenvalue weighted by atomic mass is 10.0. The predicted octanol–water partition coefficient (Wildman–Crippen LogP) is 6.78. The summed E-state index contributed by atoms with van der Waals surface area (Å²) >= 11 is 5.64. The summed E-state index contributed by atoms with van der Waals surface area (Å²) in [6, 6.07) is 12.9. The number of nitrogens with zero attached hydrogens (tertiary/aromatic N) is 4. The molecule has 0 fully saturated rings. The highest BCUT2D eigenvalue weighted by atomic mass is 35.5. The van der Waals surface area contributed by atoms with Crippen LogP contribution in [-0.4, -0.2) is 55.3 Å². The zero-order valence-corrected chi connectivity index (χ0v) is 24.1. The number of carbonyl (C=O) groups is 3. The first-order valence-electron chi connectivity index (χ1n) is 13.4. The minimum atomic E-state index is -4.62. The average Bonchev–Trinajstić information content (AvgIpc) is 2.98. The van der Waals surface area contributed by atoms with E-state index in [1.54, 1.807) is 30.3 Å². The molecule has 0 radical (unpaired) electrons. The molecule has 44 heavy (non-hydrogen) atoms. The maximum atomic E-state index is 13.1. The summed E-state index contributed by atoms with van der Waals surface area (Å²) in [5, 5.41) is 2.90. The second-order valence-electron chi connectivity index (χ2n) is 9.39. The van der Waals surface area contributed by atoms with E-state index in [0.29, 0.717) is 17.1 Å². The van der Waals surface area contributed by atoms with Crippen LogP contribution >= 0.6 is 11.6 Å². The monoisotopic (exact) mass is 632 g/mol. The number of azide groups is 1. The van der Waals surface area contributed by atoms with Crippen molar-refractivity contribution >= 4 is 29.0 Å². The lowest BCUT2D eigenvalue weighted by Gasteiger charge is -2.11. The van der Waals surface area contributed by atoms with Crippen molar-refractivity contribution in [3.63, 3.8) is 0 Å². The SMILES string of the molecule is [N-]=[N+]=NCCOCCOCCC(=O)CC(=O)c1cc(Oc2ccc(CC(=O)Cc3ccc(Cl)c(C(F)(F)F)c3)cc2)ccn1. The molecular formula is C30H28ClF3N4O6. The van der Waals surface area contributed by atoms with Gasteiger partial charge in [-0.25, -0.2) is 0 Å². The van der Waals surface area contributed by atoms with Crippen molar-refractivity contribution in [3.8, 4) is 11.5 Å². The number of carbonyl (C=O) groups excluding carboxylic acids is 3. The van der Waals surface area contributed by atoms with Gasteiger partial charge in [0, 0.05) is 43.0 Å². The van der Waals surface area contributed by atoms with Crippen LogP contribution in [0.5, 0.6) is 11.5 Å². The molecule has 0 unspecified atom stereocenters. The number of ether oxygens (including phenoxy) is 3. The number of benzene rings is 2.